The number of carbonyl (C=O) groups is 1. The number of hydrogen-bond donors (Lipinski definition) is 1. The summed E-state index contributed by atoms with van der Waals surface area (Å²) in [5.41, 5.74) is 7.40. The molecule has 118 valence electrons. The summed E-state index contributed by atoms with van der Waals surface area (Å²) in [6.07, 6.45) is 1.80. The van der Waals surface area contributed by atoms with Crippen LogP contribution < -0.4 is 5.73 Å². The maximum atomic E-state index is 12.0. The van der Waals surface area contributed by atoms with E-state index in [1.54, 1.807) is 6.08 Å². The fourth-order valence-electron chi connectivity index (χ4n) is 2.07. The van der Waals surface area contributed by atoms with Crippen molar-refractivity contribution in [3.05, 3.63) is 34.7 Å². The molecule has 2 aliphatic rings. The molecular formula is C16H21N3O2S. The first kappa shape index (κ1) is 16.6. The molecule has 1 aromatic rings. The van der Waals surface area contributed by atoms with E-state index < -0.39 is 0 Å². The van der Waals surface area contributed by atoms with Gasteiger partial charge in [0.2, 0.25) is 0 Å². The van der Waals surface area contributed by atoms with Crippen molar-refractivity contribution in [3.63, 3.8) is 0 Å². The van der Waals surface area contributed by atoms with Crippen molar-refractivity contribution in [2.24, 2.45) is 4.99 Å². The number of amidine groups is 1. The van der Waals surface area contributed by atoms with Gasteiger partial charge in [0, 0.05) is 18.8 Å². The summed E-state index contributed by atoms with van der Waals surface area (Å²) in [7, 11) is 0. The highest BCUT2D eigenvalue weighted by Gasteiger charge is 2.27. The van der Waals surface area contributed by atoms with Gasteiger partial charge >= 0.3 is 0 Å². The van der Waals surface area contributed by atoms with Crippen molar-refractivity contribution in [1.82, 2.24) is 4.90 Å². The van der Waals surface area contributed by atoms with Crippen LogP contribution in [0.3, 0.4) is 0 Å². The van der Waals surface area contributed by atoms with Gasteiger partial charge in [-0.1, -0.05) is 32.0 Å². The number of anilines is 1. The van der Waals surface area contributed by atoms with E-state index in [9.17, 15) is 4.79 Å². The van der Waals surface area contributed by atoms with Gasteiger partial charge in [-0.05, 0) is 29.5 Å². The van der Waals surface area contributed by atoms with Gasteiger partial charge in [-0.15, -0.1) is 0 Å². The summed E-state index contributed by atoms with van der Waals surface area (Å²) >= 11 is 1.41. The van der Waals surface area contributed by atoms with Crippen LogP contribution in [-0.4, -0.2) is 42.3 Å². The lowest BCUT2D eigenvalue weighted by atomic mass is 10.1. The molecule has 0 saturated carbocycles. The van der Waals surface area contributed by atoms with E-state index in [4.69, 9.17) is 10.5 Å². The van der Waals surface area contributed by atoms with E-state index in [0.29, 0.717) is 23.8 Å². The van der Waals surface area contributed by atoms with Crippen molar-refractivity contribution < 1.29 is 9.53 Å². The summed E-state index contributed by atoms with van der Waals surface area (Å²) in [4.78, 5) is 18.8. The average Bonchev–Trinajstić information content (AvgIpc) is 2.93. The summed E-state index contributed by atoms with van der Waals surface area (Å²) in [6.45, 7) is 6.91. The molecule has 22 heavy (non-hydrogen) atoms. The van der Waals surface area contributed by atoms with Gasteiger partial charge < -0.3 is 15.4 Å². The normalized spacial score (nSPS) is 19.7. The zero-order valence-corrected chi connectivity index (χ0v) is 13.7. The van der Waals surface area contributed by atoms with Crippen LogP contribution in [0.15, 0.2) is 34.2 Å². The number of hydrogen-bond acceptors (Lipinski definition) is 5. The van der Waals surface area contributed by atoms with Crippen LogP contribution in [-0.2, 0) is 9.53 Å². The van der Waals surface area contributed by atoms with Crippen LogP contribution in [0, 0.1) is 0 Å². The van der Waals surface area contributed by atoms with Crippen molar-refractivity contribution in [3.8, 4) is 0 Å². The predicted molar refractivity (Wildman–Crippen MR) is 92.6 cm³/mol. The number of benzene rings is 1. The first-order chi connectivity index (χ1) is 10.7. The number of rotatable bonds is 1. The molecule has 0 aromatic heterocycles. The van der Waals surface area contributed by atoms with Crippen LogP contribution >= 0.6 is 11.8 Å². The monoisotopic (exact) mass is 319 g/mol. The Labute approximate surface area is 135 Å². The van der Waals surface area contributed by atoms with E-state index in [0.717, 1.165) is 23.8 Å². The Kier molecular flexibility index (Phi) is 6.03. The highest BCUT2D eigenvalue weighted by atomic mass is 32.2. The minimum absolute atomic E-state index is 0.195. The zero-order valence-electron chi connectivity index (χ0n) is 12.9. The number of morpholine rings is 1. The molecule has 2 aliphatic heterocycles. The first-order valence-corrected chi connectivity index (χ1v) is 8.25. The third kappa shape index (κ3) is 3.90. The van der Waals surface area contributed by atoms with E-state index in [1.165, 1.54) is 11.8 Å². The summed E-state index contributed by atoms with van der Waals surface area (Å²) in [6, 6.07) is 7.48. The molecule has 0 bridgehead atoms. The minimum Gasteiger partial charge on any atom is -0.398 e. The Balaban J connectivity index is 0.000000847. The van der Waals surface area contributed by atoms with Crippen molar-refractivity contribution in [1.29, 1.82) is 0 Å². The summed E-state index contributed by atoms with van der Waals surface area (Å²) < 4.78 is 5.30. The lowest BCUT2D eigenvalue weighted by molar-refractivity contribution is -0.113. The lowest BCUT2D eigenvalue weighted by Crippen LogP contribution is -2.38. The molecule has 2 N–H and O–H groups in total. The third-order valence-electron chi connectivity index (χ3n) is 3.17. The molecule has 0 unspecified atom stereocenters. The van der Waals surface area contributed by atoms with Crippen LogP contribution in [0.4, 0.5) is 5.69 Å². The van der Waals surface area contributed by atoms with Crippen molar-refractivity contribution >= 4 is 34.6 Å². The summed E-state index contributed by atoms with van der Waals surface area (Å²) in [5.74, 6) is -0.195. The number of aliphatic imine (C=N–C) groups is 1. The molecule has 0 atom stereocenters. The fourth-order valence-corrected chi connectivity index (χ4v) is 3.03. The lowest BCUT2D eigenvalue weighted by Gasteiger charge is -2.27. The number of nitrogens with two attached hydrogens (primary N) is 1. The Morgan fingerprint density at radius 1 is 1.27 bits per heavy atom. The second-order valence-corrected chi connectivity index (χ2v) is 5.55. The Morgan fingerprint density at radius 3 is 2.64 bits per heavy atom. The minimum atomic E-state index is -0.195. The van der Waals surface area contributed by atoms with Gasteiger partial charge in [0.25, 0.3) is 5.91 Å². The Morgan fingerprint density at radius 2 is 1.95 bits per heavy atom. The van der Waals surface area contributed by atoms with E-state index >= 15 is 0 Å². The number of nitrogen functional groups attached to an aromatic ring is 1. The SMILES string of the molecule is CC.Nc1ccccc1/C=C1\SC(N2CCOCC2)=NC1=O. The van der Waals surface area contributed by atoms with Gasteiger partial charge in [-0.2, -0.15) is 4.99 Å². The molecular weight excluding hydrogens is 298 g/mol. The zero-order chi connectivity index (χ0) is 15.9. The highest BCUT2D eigenvalue weighted by Crippen LogP contribution is 2.31. The quantitative estimate of drug-likeness (QED) is 0.636. The van der Waals surface area contributed by atoms with Crippen molar-refractivity contribution in [2.75, 3.05) is 32.0 Å². The summed E-state index contributed by atoms with van der Waals surface area (Å²) in [5, 5.41) is 0.763. The Bertz CT molecular complexity index is 593. The van der Waals surface area contributed by atoms with Gasteiger partial charge in [-0.3, -0.25) is 4.79 Å². The first-order valence-electron chi connectivity index (χ1n) is 7.44. The van der Waals surface area contributed by atoms with Gasteiger partial charge in [0.05, 0.1) is 18.1 Å². The number of amides is 1. The second kappa shape index (κ2) is 8.00. The maximum Gasteiger partial charge on any atom is 0.286 e. The number of para-hydroxylation sites is 1. The molecule has 0 aliphatic carbocycles. The fraction of sp³-hybridized carbons (Fsp3) is 0.375. The van der Waals surface area contributed by atoms with Crippen LogP contribution in [0.5, 0.6) is 0 Å². The van der Waals surface area contributed by atoms with E-state index in [-0.39, 0.29) is 5.91 Å². The molecule has 5 nitrogen and oxygen atoms in total. The topological polar surface area (TPSA) is 67.9 Å². The highest BCUT2D eigenvalue weighted by molar-refractivity contribution is 8.18. The molecule has 2 heterocycles. The second-order valence-electron chi connectivity index (χ2n) is 4.54. The molecule has 3 rings (SSSR count). The molecule has 0 radical (unpaired) electrons. The molecule has 1 saturated heterocycles. The van der Waals surface area contributed by atoms with Gasteiger partial charge in [0.1, 0.15) is 0 Å². The molecule has 1 amide bonds. The van der Waals surface area contributed by atoms with E-state index in [2.05, 4.69) is 9.89 Å². The standard InChI is InChI=1S/C14H15N3O2S.C2H6/c15-11-4-2-1-3-10(11)9-12-13(18)16-14(20-12)17-5-7-19-8-6-17;1-2/h1-4,9H,5-8,15H2;1-2H3/b12-9-;. The number of thioether (sulfide) groups is 1. The van der Waals surface area contributed by atoms with Crippen molar-refractivity contribution in [2.45, 2.75) is 13.8 Å². The Hall–Kier alpha value is -1.79. The molecule has 1 fully saturated rings. The average molecular weight is 319 g/mol. The van der Waals surface area contributed by atoms with E-state index in [1.807, 2.05) is 38.1 Å². The van der Waals surface area contributed by atoms with Crippen LogP contribution in [0.2, 0.25) is 0 Å². The van der Waals surface area contributed by atoms with Gasteiger partial charge in [-0.25, -0.2) is 0 Å². The third-order valence-corrected chi connectivity index (χ3v) is 4.22. The molecule has 0 spiro atoms. The molecule has 1 aromatic carbocycles. The largest absolute Gasteiger partial charge is 0.398 e. The van der Waals surface area contributed by atoms with Gasteiger partial charge in [0.15, 0.2) is 5.17 Å². The van der Waals surface area contributed by atoms with Crippen LogP contribution in [0.1, 0.15) is 19.4 Å². The van der Waals surface area contributed by atoms with Crippen LogP contribution in [0.25, 0.3) is 6.08 Å². The predicted octanol–water partition coefficient (Wildman–Crippen LogP) is 2.60. The maximum absolute atomic E-state index is 12.0. The number of nitrogens with zero attached hydrogens (tertiary/aromatic N) is 2. The number of ether oxygens (including phenoxy) is 1. The smallest absolute Gasteiger partial charge is 0.286 e. The number of carbonyl (C=O) groups excluding carboxylic acids is 1. The molecule has 6 heteroatoms.